The number of carboxylic acid groups (broad SMARTS) is 4. The Labute approximate surface area is 270 Å². The van der Waals surface area contributed by atoms with Crippen molar-refractivity contribution in [3.8, 4) is 23.0 Å². The molecule has 41 heavy (non-hydrogen) atoms. The molecule has 17 heteroatoms. The second-order valence-electron chi connectivity index (χ2n) is 6.76. The van der Waals surface area contributed by atoms with Crippen LogP contribution in [0, 0.1) is 49.4 Å². The van der Waals surface area contributed by atoms with E-state index < -0.39 is 23.9 Å². The van der Waals surface area contributed by atoms with Gasteiger partial charge in [-0.2, -0.15) is 0 Å². The Morgan fingerprint density at radius 1 is 0.488 bits per heavy atom. The molecule has 0 amide bonds. The fourth-order valence-electron chi connectivity index (χ4n) is 2.13. The maximum atomic E-state index is 10.2. The fraction of sp³-hybridized carbons (Fsp3) is 0. The van der Waals surface area contributed by atoms with E-state index in [-0.39, 0.29) is 95.2 Å². The molecule has 4 aromatic heterocycles. The van der Waals surface area contributed by atoms with E-state index in [2.05, 4.69) is 19.9 Å². The van der Waals surface area contributed by atoms with Crippen LogP contribution in [0.15, 0.2) is 73.3 Å². The first-order valence-electron chi connectivity index (χ1n) is 10.3. The average Bonchev–Trinajstić information content (AvgIpc) is 2.90. The second kappa shape index (κ2) is 18.5. The average molecular weight is 705 g/mol. The molecule has 4 rings (SSSR count). The number of carbonyl (C=O) groups excluding carboxylic acids is 3. The number of rotatable bonds is 4. The van der Waals surface area contributed by atoms with Crippen molar-refractivity contribution in [1.82, 2.24) is 19.9 Å². The van der Waals surface area contributed by atoms with Crippen molar-refractivity contribution in [3.05, 3.63) is 96.1 Å². The number of carbonyl (C=O) groups is 4. The third-order valence-corrected chi connectivity index (χ3v) is 3.82. The number of nitrogens with zero attached hydrogens (tertiary/aromatic N) is 4. The van der Waals surface area contributed by atoms with Gasteiger partial charge in [-0.05, 0) is 24.3 Å². The van der Waals surface area contributed by atoms with Crippen molar-refractivity contribution >= 4 is 23.9 Å². The Kier molecular flexibility index (Phi) is 16.4. The second-order valence-corrected chi connectivity index (χ2v) is 6.76. The molecule has 0 aliphatic carbocycles. The summed E-state index contributed by atoms with van der Waals surface area (Å²) in [6.45, 7) is 0. The number of aromatic hydroxyl groups is 4. The molecule has 0 saturated carbocycles. The van der Waals surface area contributed by atoms with E-state index in [9.17, 15) is 34.5 Å². The minimum absolute atomic E-state index is 0. The van der Waals surface area contributed by atoms with Gasteiger partial charge in [0.1, 0.15) is 23.0 Å². The van der Waals surface area contributed by atoms with Gasteiger partial charge >= 0.3 is 55.3 Å². The van der Waals surface area contributed by atoms with E-state index in [0.29, 0.717) is 0 Å². The topological polar surface area (TPSA) is 290 Å². The standard InChI is InChI=1S/4C6H5NO3.Eu/c4*8-4-1-2-7-5(3-4)6(9)10;/h4*1-3H,(H,7,8)(H,9,10);/q;;;;+3/p-3. The summed E-state index contributed by atoms with van der Waals surface area (Å²) >= 11 is 0. The van der Waals surface area contributed by atoms with Gasteiger partial charge in [-0.15, -0.1) is 0 Å². The van der Waals surface area contributed by atoms with E-state index in [4.69, 9.17) is 25.5 Å². The minimum Gasteiger partial charge on any atom is -0.543 e. The molecule has 212 valence electrons. The van der Waals surface area contributed by atoms with Crippen LogP contribution in [0.25, 0.3) is 0 Å². The summed E-state index contributed by atoms with van der Waals surface area (Å²) in [5.41, 5.74) is -0.944. The van der Waals surface area contributed by atoms with Crippen LogP contribution in [0.2, 0.25) is 0 Å². The number of aromatic carboxylic acids is 4. The Balaban J connectivity index is 0.000000516. The zero-order valence-corrected chi connectivity index (χ0v) is 22.6. The zero-order valence-electron chi connectivity index (χ0n) is 20.2. The van der Waals surface area contributed by atoms with Gasteiger partial charge in [-0.1, -0.05) is 0 Å². The van der Waals surface area contributed by atoms with Gasteiger partial charge in [0.25, 0.3) is 0 Å². The van der Waals surface area contributed by atoms with E-state index in [1.54, 1.807) is 0 Å². The molecule has 0 unspecified atom stereocenters. The molecule has 0 saturated heterocycles. The SMILES string of the molecule is O=C(O)c1cc(O)ccn1.O=C([O-])c1cc(O)ccn1.O=C([O-])c1cc(O)ccn1.O=C([O-])c1cc(O)ccn1.[Eu+3]. The molecule has 4 heterocycles. The molecular weight excluding hydrogens is 688 g/mol. The molecule has 0 spiro atoms. The summed E-state index contributed by atoms with van der Waals surface area (Å²) in [7, 11) is 0. The van der Waals surface area contributed by atoms with Gasteiger partial charge in [-0.25, -0.2) is 9.78 Å². The van der Waals surface area contributed by atoms with Crippen molar-refractivity contribution in [1.29, 1.82) is 0 Å². The molecular formula is C24H17EuN4O12. The Bertz CT molecular complexity index is 1260. The summed E-state index contributed by atoms with van der Waals surface area (Å²) in [6.07, 6.45) is 4.82. The largest absolute Gasteiger partial charge is 3.00 e. The van der Waals surface area contributed by atoms with Crippen LogP contribution in [0.1, 0.15) is 42.0 Å². The molecule has 0 atom stereocenters. The predicted molar refractivity (Wildman–Crippen MR) is 124 cm³/mol. The van der Waals surface area contributed by atoms with Crippen LogP contribution >= 0.6 is 0 Å². The normalized spacial score (nSPS) is 8.98. The van der Waals surface area contributed by atoms with Gasteiger partial charge in [0.05, 0.1) is 35.0 Å². The summed E-state index contributed by atoms with van der Waals surface area (Å²) in [5.74, 6) is -5.80. The van der Waals surface area contributed by atoms with Crippen LogP contribution in [-0.4, -0.2) is 69.3 Å². The van der Waals surface area contributed by atoms with Crippen LogP contribution in [0.4, 0.5) is 0 Å². The Morgan fingerprint density at radius 3 is 0.854 bits per heavy atom. The van der Waals surface area contributed by atoms with Crippen molar-refractivity contribution < 1.29 is 109 Å². The summed E-state index contributed by atoms with van der Waals surface area (Å²) in [4.78, 5) is 54.1. The van der Waals surface area contributed by atoms with Crippen molar-refractivity contribution in [2.45, 2.75) is 0 Å². The first-order chi connectivity index (χ1) is 18.8. The van der Waals surface area contributed by atoms with Crippen LogP contribution < -0.4 is 15.3 Å². The maximum absolute atomic E-state index is 10.2. The van der Waals surface area contributed by atoms with Crippen LogP contribution in [0.3, 0.4) is 0 Å². The number of carboxylic acids is 4. The molecule has 5 N–H and O–H groups in total. The quantitative estimate of drug-likeness (QED) is 0.152. The van der Waals surface area contributed by atoms with E-state index in [1.165, 1.54) is 49.1 Å². The van der Waals surface area contributed by atoms with Crippen molar-refractivity contribution in [2.75, 3.05) is 0 Å². The van der Waals surface area contributed by atoms with Gasteiger partial charge in [0, 0.05) is 49.1 Å². The first kappa shape index (κ1) is 36.3. The Hall–Kier alpha value is -4.74. The molecule has 0 aliphatic rings. The minimum atomic E-state index is -1.39. The number of hydrogen-bond donors (Lipinski definition) is 5. The van der Waals surface area contributed by atoms with Crippen LogP contribution in [0.5, 0.6) is 23.0 Å². The van der Waals surface area contributed by atoms with Gasteiger partial charge in [0.15, 0.2) is 5.69 Å². The van der Waals surface area contributed by atoms with Gasteiger partial charge in [-0.3, -0.25) is 15.0 Å². The third kappa shape index (κ3) is 14.8. The van der Waals surface area contributed by atoms with Gasteiger partial charge < -0.3 is 55.2 Å². The molecule has 0 fully saturated rings. The predicted octanol–water partition coefficient (Wildman–Crippen LogP) is -2.06. The smallest absolute Gasteiger partial charge is 0.543 e. The molecule has 0 radical (unpaired) electrons. The molecule has 16 nitrogen and oxygen atoms in total. The summed E-state index contributed by atoms with van der Waals surface area (Å²) in [6, 6.07) is 9.32. The maximum Gasteiger partial charge on any atom is 3.00 e. The summed E-state index contributed by atoms with van der Waals surface area (Å²) in [5, 5.41) is 73.5. The zero-order chi connectivity index (χ0) is 30.2. The molecule has 0 bridgehead atoms. The van der Waals surface area contributed by atoms with Crippen molar-refractivity contribution in [2.24, 2.45) is 0 Å². The third-order valence-electron chi connectivity index (χ3n) is 3.82. The molecule has 4 aromatic rings. The molecule has 0 aliphatic heterocycles. The van der Waals surface area contributed by atoms with Crippen molar-refractivity contribution in [3.63, 3.8) is 0 Å². The van der Waals surface area contributed by atoms with E-state index in [1.807, 2.05) is 0 Å². The van der Waals surface area contributed by atoms with E-state index >= 15 is 0 Å². The fourth-order valence-corrected chi connectivity index (χ4v) is 2.13. The van der Waals surface area contributed by atoms with Crippen LogP contribution in [-0.2, 0) is 0 Å². The van der Waals surface area contributed by atoms with E-state index in [0.717, 1.165) is 24.3 Å². The first-order valence-corrected chi connectivity index (χ1v) is 10.3. The van der Waals surface area contributed by atoms with Gasteiger partial charge in [0.2, 0.25) is 0 Å². The Morgan fingerprint density at radius 2 is 0.707 bits per heavy atom. The molecule has 0 aromatic carbocycles. The monoisotopic (exact) mass is 706 g/mol. The number of aromatic nitrogens is 4. The number of hydrogen-bond acceptors (Lipinski definition) is 15. The summed E-state index contributed by atoms with van der Waals surface area (Å²) < 4.78 is 0. The number of pyridine rings is 4.